The number of hydrogen-bond donors (Lipinski definition) is 0. The minimum Gasteiger partial charge on any atom is -0.207 e. The second kappa shape index (κ2) is 5.32. The molecule has 0 saturated heterocycles. The molecule has 0 aliphatic heterocycles. The molecule has 0 amide bonds. The van der Waals surface area contributed by atoms with Gasteiger partial charge in [-0.1, -0.05) is 12.1 Å². The van der Waals surface area contributed by atoms with Crippen LogP contribution in [0.5, 0.6) is 0 Å². The van der Waals surface area contributed by atoms with Gasteiger partial charge in [0.1, 0.15) is 0 Å². The van der Waals surface area contributed by atoms with Crippen LogP contribution in [-0.2, 0) is 16.4 Å². The van der Waals surface area contributed by atoms with Crippen molar-refractivity contribution < 1.29 is 8.42 Å². The van der Waals surface area contributed by atoms with Crippen LogP contribution in [-0.4, -0.2) is 25.8 Å². The molecule has 102 valence electrons. The van der Waals surface area contributed by atoms with Crippen LogP contribution >= 0.6 is 0 Å². The van der Waals surface area contributed by atoms with Gasteiger partial charge in [-0.15, -0.1) is 0 Å². The molecule has 0 radical (unpaired) electrons. The zero-order valence-electron chi connectivity index (χ0n) is 11.2. The molecular formula is C14H18N2O2S. The van der Waals surface area contributed by atoms with E-state index in [1.54, 1.807) is 31.3 Å². The van der Waals surface area contributed by atoms with Gasteiger partial charge < -0.3 is 0 Å². The van der Waals surface area contributed by atoms with Gasteiger partial charge in [0, 0.05) is 13.1 Å². The number of nitriles is 1. The largest absolute Gasteiger partial charge is 0.243 e. The van der Waals surface area contributed by atoms with Crippen molar-refractivity contribution in [2.45, 2.75) is 37.1 Å². The average molecular weight is 278 g/mol. The van der Waals surface area contributed by atoms with Gasteiger partial charge in [0.15, 0.2) is 0 Å². The Labute approximate surface area is 114 Å². The fourth-order valence-corrected chi connectivity index (χ4v) is 3.55. The molecule has 0 heterocycles. The van der Waals surface area contributed by atoms with Crippen LogP contribution in [0.4, 0.5) is 0 Å². The second-order valence-electron chi connectivity index (χ2n) is 5.08. The first kappa shape index (κ1) is 14.0. The Morgan fingerprint density at radius 2 is 1.95 bits per heavy atom. The van der Waals surface area contributed by atoms with Crippen LogP contribution in [0.15, 0.2) is 29.2 Å². The van der Waals surface area contributed by atoms with E-state index in [-0.39, 0.29) is 6.04 Å². The van der Waals surface area contributed by atoms with Crippen LogP contribution in [0.3, 0.4) is 0 Å². The fourth-order valence-electron chi connectivity index (χ4n) is 2.13. The lowest BCUT2D eigenvalue weighted by Gasteiger charge is -2.24. The molecule has 1 saturated carbocycles. The molecule has 1 aromatic carbocycles. The highest BCUT2D eigenvalue weighted by Gasteiger charge is 2.35. The first-order chi connectivity index (χ1) is 8.96. The fraction of sp³-hybridized carbons (Fsp3) is 0.500. The molecule has 0 N–H and O–H groups in total. The van der Waals surface area contributed by atoms with E-state index in [2.05, 4.69) is 0 Å². The predicted molar refractivity (Wildman–Crippen MR) is 72.9 cm³/mol. The Kier molecular flexibility index (Phi) is 3.93. The van der Waals surface area contributed by atoms with Gasteiger partial charge in [-0.3, -0.25) is 0 Å². The minimum absolute atomic E-state index is 0.0452. The summed E-state index contributed by atoms with van der Waals surface area (Å²) in [7, 11) is -1.78. The standard InChI is InChI=1S/C14H18N2O2S/c1-11(13-5-6-13)16(2)19(17,18)14-7-3-12(4-8-14)9-10-15/h3-4,7-8,11,13H,5-6,9H2,1-2H3. The number of benzene rings is 1. The highest BCUT2D eigenvalue weighted by atomic mass is 32.2. The zero-order valence-corrected chi connectivity index (χ0v) is 12.0. The van der Waals surface area contributed by atoms with Gasteiger partial charge in [-0.25, -0.2) is 8.42 Å². The third-order valence-corrected chi connectivity index (χ3v) is 5.72. The molecule has 4 nitrogen and oxygen atoms in total. The highest BCUT2D eigenvalue weighted by molar-refractivity contribution is 7.89. The van der Waals surface area contributed by atoms with Crippen molar-refractivity contribution >= 4 is 10.0 Å². The summed E-state index contributed by atoms with van der Waals surface area (Å²) >= 11 is 0. The molecule has 0 spiro atoms. The lowest BCUT2D eigenvalue weighted by molar-refractivity contribution is 0.357. The van der Waals surface area contributed by atoms with E-state index in [0.717, 1.165) is 18.4 Å². The van der Waals surface area contributed by atoms with Crippen LogP contribution in [0.2, 0.25) is 0 Å². The van der Waals surface area contributed by atoms with Crippen molar-refractivity contribution in [2.75, 3.05) is 7.05 Å². The predicted octanol–water partition coefficient (Wildman–Crippen LogP) is 2.17. The summed E-state index contributed by atoms with van der Waals surface area (Å²) in [5, 5.41) is 8.60. The third-order valence-electron chi connectivity index (χ3n) is 3.76. The van der Waals surface area contributed by atoms with E-state index >= 15 is 0 Å². The maximum absolute atomic E-state index is 12.4. The van der Waals surface area contributed by atoms with E-state index < -0.39 is 10.0 Å². The summed E-state index contributed by atoms with van der Waals surface area (Å²) in [5.74, 6) is 0.498. The molecule has 1 fully saturated rings. The summed E-state index contributed by atoms with van der Waals surface area (Å²) in [6.45, 7) is 1.96. The normalized spacial score (nSPS) is 17.2. The van der Waals surface area contributed by atoms with Crippen molar-refractivity contribution in [3.8, 4) is 6.07 Å². The van der Waals surface area contributed by atoms with E-state index in [1.165, 1.54) is 4.31 Å². The van der Waals surface area contributed by atoms with Crippen LogP contribution in [0.25, 0.3) is 0 Å². The van der Waals surface area contributed by atoms with Gasteiger partial charge in [0.2, 0.25) is 10.0 Å². The topological polar surface area (TPSA) is 61.2 Å². The van der Waals surface area contributed by atoms with E-state index in [0.29, 0.717) is 17.2 Å². The Bertz CT molecular complexity index is 583. The summed E-state index contributed by atoms with van der Waals surface area (Å²) in [4.78, 5) is 0.296. The molecule has 0 aromatic heterocycles. The van der Waals surface area contributed by atoms with E-state index in [4.69, 9.17) is 5.26 Å². The average Bonchev–Trinajstić information content (AvgIpc) is 3.22. The summed E-state index contributed by atoms with van der Waals surface area (Å²) in [6.07, 6.45) is 2.53. The Hall–Kier alpha value is -1.38. The van der Waals surface area contributed by atoms with Gasteiger partial charge in [0.05, 0.1) is 17.4 Å². The Balaban J connectivity index is 2.21. The molecule has 1 aromatic rings. The summed E-state index contributed by atoms with van der Waals surface area (Å²) in [5.41, 5.74) is 0.833. The summed E-state index contributed by atoms with van der Waals surface area (Å²) < 4.78 is 26.3. The van der Waals surface area contributed by atoms with Gasteiger partial charge in [-0.2, -0.15) is 9.57 Å². The van der Waals surface area contributed by atoms with Crippen molar-refractivity contribution in [2.24, 2.45) is 5.92 Å². The molecule has 2 rings (SSSR count). The lowest BCUT2D eigenvalue weighted by atomic mass is 10.2. The minimum atomic E-state index is -3.42. The second-order valence-corrected chi connectivity index (χ2v) is 7.08. The van der Waals surface area contributed by atoms with Crippen LogP contribution in [0.1, 0.15) is 25.3 Å². The number of nitrogens with zero attached hydrogens (tertiary/aromatic N) is 2. The van der Waals surface area contributed by atoms with Crippen LogP contribution in [0, 0.1) is 17.2 Å². The monoisotopic (exact) mass is 278 g/mol. The number of sulfonamides is 1. The first-order valence-electron chi connectivity index (χ1n) is 6.40. The van der Waals surface area contributed by atoms with Gasteiger partial charge >= 0.3 is 0 Å². The van der Waals surface area contributed by atoms with Gasteiger partial charge in [0.25, 0.3) is 0 Å². The molecular weight excluding hydrogens is 260 g/mol. The quantitative estimate of drug-likeness (QED) is 0.829. The van der Waals surface area contributed by atoms with Gasteiger partial charge in [-0.05, 0) is 43.4 Å². The molecule has 1 atom stereocenters. The SMILES string of the molecule is CC(C1CC1)N(C)S(=O)(=O)c1ccc(CC#N)cc1. The van der Waals surface area contributed by atoms with Crippen molar-refractivity contribution in [3.63, 3.8) is 0 Å². The van der Waals surface area contributed by atoms with E-state index in [1.807, 2.05) is 13.0 Å². The number of hydrogen-bond acceptors (Lipinski definition) is 3. The molecule has 1 aliphatic rings. The molecule has 0 bridgehead atoms. The molecule has 1 aliphatic carbocycles. The highest BCUT2D eigenvalue weighted by Crippen LogP contribution is 2.36. The summed E-state index contributed by atoms with van der Waals surface area (Å²) in [6, 6.07) is 8.65. The molecule has 1 unspecified atom stereocenters. The van der Waals surface area contributed by atoms with E-state index in [9.17, 15) is 8.42 Å². The van der Waals surface area contributed by atoms with Crippen molar-refractivity contribution in [1.82, 2.24) is 4.31 Å². The molecule has 19 heavy (non-hydrogen) atoms. The van der Waals surface area contributed by atoms with Crippen molar-refractivity contribution in [1.29, 1.82) is 5.26 Å². The van der Waals surface area contributed by atoms with Crippen molar-refractivity contribution in [3.05, 3.63) is 29.8 Å². The molecule has 5 heteroatoms. The number of rotatable bonds is 5. The maximum atomic E-state index is 12.4. The smallest absolute Gasteiger partial charge is 0.207 e. The zero-order chi connectivity index (χ0) is 14.0. The first-order valence-corrected chi connectivity index (χ1v) is 7.84. The Morgan fingerprint density at radius 1 is 1.37 bits per heavy atom. The maximum Gasteiger partial charge on any atom is 0.243 e. The third kappa shape index (κ3) is 2.96. The van der Waals surface area contributed by atoms with Crippen LogP contribution < -0.4 is 0 Å². The Morgan fingerprint density at radius 3 is 2.42 bits per heavy atom. The lowest BCUT2D eigenvalue weighted by Crippen LogP contribution is -2.36.